The Bertz CT molecular complexity index is 1250. The lowest BCUT2D eigenvalue weighted by Crippen LogP contribution is -2.42. The Balaban J connectivity index is 1.74. The third kappa shape index (κ3) is 4.13. The first-order valence-electron chi connectivity index (χ1n) is 9.25. The molecule has 0 saturated carbocycles. The maximum absolute atomic E-state index is 13.4. The van der Waals surface area contributed by atoms with Crippen LogP contribution in [0.25, 0.3) is 0 Å². The van der Waals surface area contributed by atoms with Crippen LogP contribution in [-0.4, -0.2) is 20.4 Å². The molecule has 7 nitrogen and oxygen atoms in total. The molecule has 0 aliphatic carbocycles. The van der Waals surface area contributed by atoms with Crippen molar-refractivity contribution in [2.45, 2.75) is 13.1 Å². The summed E-state index contributed by atoms with van der Waals surface area (Å²) >= 11 is 1.44. The smallest absolute Gasteiger partial charge is 0.313 e. The van der Waals surface area contributed by atoms with E-state index in [9.17, 15) is 14.4 Å². The van der Waals surface area contributed by atoms with Gasteiger partial charge < -0.3 is 4.98 Å². The minimum absolute atomic E-state index is 0.106. The Hall–Kier alpha value is -3.78. The lowest BCUT2D eigenvalue weighted by Gasteiger charge is -2.22. The van der Waals surface area contributed by atoms with E-state index in [1.165, 1.54) is 22.4 Å². The van der Waals surface area contributed by atoms with Crippen molar-refractivity contribution in [3.05, 3.63) is 115 Å². The van der Waals surface area contributed by atoms with Gasteiger partial charge in [0.05, 0.1) is 13.1 Å². The number of carbonyl (C=O) groups excluding carboxylic acids is 1. The van der Waals surface area contributed by atoms with Crippen LogP contribution < -0.4 is 16.1 Å². The highest BCUT2D eigenvalue weighted by Crippen LogP contribution is 2.16. The standard InChI is InChI=1S/C22H18N4O3S/c27-20(18-13-24-22(29)26(21(18)28)15-17-9-6-12-30-17)25(19-10-4-5-11-23-19)14-16-7-2-1-3-8-16/h1-13H,14-15H2,(H,24,29). The molecular formula is C22H18N4O3S. The number of carbonyl (C=O) groups is 1. The Morgan fingerprint density at radius 3 is 2.53 bits per heavy atom. The van der Waals surface area contributed by atoms with Crippen LogP contribution in [0.15, 0.2) is 88.0 Å². The van der Waals surface area contributed by atoms with Gasteiger partial charge in [-0.1, -0.05) is 42.5 Å². The topological polar surface area (TPSA) is 88.1 Å². The van der Waals surface area contributed by atoms with E-state index in [0.717, 1.165) is 15.0 Å². The fraction of sp³-hybridized carbons (Fsp3) is 0.0909. The number of hydrogen-bond donors (Lipinski definition) is 1. The van der Waals surface area contributed by atoms with Gasteiger partial charge in [0.1, 0.15) is 11.4 Å². The van der Waals surface area contributed by atoms with E-state index in [1.807, 2.05) is 47.8 Å². The zero-order valence-electron chi connectivity index (χ0n) is 15.9. The van der Waals surface area contributed by atoms with Crippen molar-refractivity contribution < 1.29 is 4.79 Å². The Morgan fingerprint density at radius 1 is 1.03 bits per heavy atom. The highest BCUT2D eigenvalue weighted by molar-refractivity contribution is 7.09. The summed E-state index contributed by atoms with van der Waals surface area (Å²) in [7, 11) is 0. The van der Waals surface area contributed by atoms with Crippen molar-refractivity contribution in [2.75, 3.05) is 4.90 Å². The number of nitrogens with zero attached hydrogens (tertiary/aromatic N) is 3. The number of aromatic nitrogens is 3. The van der Waals surface area contributed by atoms with Crippen LogP contribution >= 0.6 is 11.3 Å². The highest BCUT2D eigenvalue weighted by Gasteiger charge is 2.23. The number of anilines is 1. The molecule has 8 heteroatoms. The Labute approximate surface area is 175 Å². The van der Waals surface area contributed by atoms with Crippen LogP contribution in [0.1, 0.15) is 20.8 Å². The first-order chi connectivity index (χ1) is 14.6. The van der Waals surface area contributed by atoms with Crippen LogP contribution in [-0.2, 0) is 13.1 Å². The first kappa shape index (κ1) is 19.5. The summed E-state index contributed by atoms with van der Waals surface area (Å²) in [6, 6.07) is 18.3. The zero-order chi connectivity index (χ0) is 20.9. The molecule has 4 aromatic rings. The van der Waals surface area contributed by atoms with Crippen LogP contribution in [0.3, 0.4) is 0 Å². The van der Waals surface area contributed by atoms with Gasteiger partial charge in [0.15, 0.2) is 0 Å². The monoisotopic (exact) mass is 418 g/mol. The summed E-state index contributed by atoms with van der Waals surface area (Å²) in [4.78, 5) is 47.7. The number of aromatic amines is 1. The van der Waals surface area contributed by atoms with E-state index >= 15 is 0 Å². The van der Waals surface area contributed by atoms with E-state index in [1.54, 1.807) is 24.4 Å². The average molecular weight is 418 g/mol. The number of thiophene rings is 1. The molecular weight excluding hydrogens is 400 g/mol. The summed E-state index contributed by atoms with van der Waals surface area (Å²) in [5.74, 6) is -0.111. The van der Waals surface area contributed by atoms with E-state index in [0.29, 0.717) is 5.82 Å². The molecule has 1 N–H and O–H groups in total. The number of pyridine rings is 1. The molecule has 0 fully saturated rings. The van der Waals surface area contributed by atoms with Crippen molar-refractivity contribution in [1.29, 1.82) is 0 Å². The van der Waals surface area contributed by atoms with Gasteiger partial charge >= 0.3 is 5.69 Å². The molecule has 0 aliphatic rings. The molecule has 4 rings (SSSR count). The molecule has 1 amide bonds. The third-order valence-electron chi connectivity index (χ3n) is 4.54. The largest absolute Gasteiger partial charge is 0.328 e. The van der Waals surface area contributed by atoms with E-state index in [4.69, 9.17) is 0 Å². The molecule has 150 valence electrons. The van der Waals surface area contributed by atoms with Crippen LogP contribution in [0.2, 0.25) is 0 Å². The molecule has 0 unspecified atom stereocenters. The predicted molar refractivity (Wildman–Crippen MR) is 116 cm³/mol. The number of rotatable bonds is 6. The average Bonchev–Trinajstić information content (AvgIpc) is 3.29. The molecule has 3 heterocycles. The van der Waals surface area contributed by atoms with Crippen molar-refractivity contribution >= 4 is 23.1 Å². The van der Waals surface area contributed by atoms with Gasteiger partial charge in [-0.15, -0.1) is 11.3 Å². The normalized spacial score (nSPS) is 10.7. The quantitative estimate of drug-likeness (QED) is 0.522. The minimum Gasteiger partial charge on any atom is -0.313 e. The number of nitrogens with one attached hydrogen (secondary N) is 1. The second-order valence-corrected chi connectivity index (χ2v) is 7.58. The van der Waals surface area contributed by atoms with Crippen LogP contribution in [0.5, 0.6) is 0 Å². The minimum atomic E-state index is -0.633. The fourth-order valence-electron chi connectivity index (χ4n) is 3.05. The highest BCUT2D eigenvalue weighted by atomic mass is 32.1. The summed E-state index contributed by atoms with van der Waals surface area (Å²) in [5.41, 5.74) is -0.420. The summed E-state index contributed by atoms with van der Waals surface area (Å²) in [6.07, 6.45) is 2.77. The van der Waals surface area contributed by atoms with E-state index in [2.05, 4.69) is 9.97 Å². The fourth-order valence-corrected chi connectivity index (χ4v) is 3.74. The predicted octanol–water partition coefficient (Wildman–Crippen LogP) is 2.89. The van der Waals surface area contributed by atoms with Crippen LogP contribution in [0, 0.1) is 0 Å². The first-order valence-corrected chi connectivity index (χ1v) is 10.1. The van der Waals surface area contributed by atoms with Gasteiger partial charge in [-0.25, -0.2) is 9.78 Å². The van der Waals surface area contributed by atoms with Crippen molar-refractivity contribution in [3.8, 4) is 0 Å². The maximum Gasteiger partial charge on any atom is 0.328 e. The number of H-pyrrole nitrogens is 1. The van der Waals surface area contributed by atoms with Crippen molar-refractivity contribution in [1.82, 2.24) is 14.5 Å². The molecule has 3 aromatic heterocycles. The maximum atomic E-state index is 13.4. The summed E-state index contributed by atoms with van der Waals surface area (Å²) < 4.78 is 1.04. The molecule has 1 aromatic carbocycles. The number of benzene rings is 1. The van der Waals surface area contributed by atoms with Gasteiger partial charge in [-0.3, -0.25) is 19.1 Å². The van der Waals surface area contributed by atoms with Crippen molar-refractivity contribution in [3.63, 3.8) is 0 Å². The van der Waals surface area contributed by atoms with Gasteiger partial charge in [0.25, 0.3) is 11.5 Å². The Morgan fingerprint density at radius 2 is 1.83 bits per heavy atom. The van der Waals surface area contributed by atoms with Gasteiger partial charge in [-0.2, -0.15) is 0 Å². The second-order valence-electron chi connectivity index (χ2n) is 6.54. The van der Waals surface area contributed by atoms with Gasteiger partial charge in [-0.05, 0) is 29.1 Å². The SMILES string of the molecule is O=C(c1c[nH]c(=O)n(Cc2cccs2)c1=O)N(Cc1ccccc1)c1ccccn1. The molecule has 0 spiro atoms. The summed E-state index contributed by atoms with van der Waals surface area (Å²) in [5, 5.41) is 1.87. The third-order valence-corrected chi connectivity index (χ3v) is 5.40. The Kier molecular flexibility index (Phi) is 5.67. The molecule has 0 radical (unpaired) electrons. The molecule has 0 atom stereocenters. The second kappa shape index (κ2) is 8.71. The van der Waals surface area contributed by atoms with Crippen LogP contribution in [0.4, 0.5) is 5.82 Å². The number of hydrogen-bond acceptors (Lipinski definition) is 5. The molecule has 0 saturated heterocycles. The van der Waals surface area contributed by atoms with Crippen molar-refractivity contribution in [2.24, 2.45) is 0 Å². The molecule has 0 aliphatic heterocycles. The molecule has 30 heavy (non-hydrogen) atoms. The van der Waals surface area contributed by atoms with E-state index < -0.39 is 17.2 Å². The lowest BCUT2D eigenvalue weighted by molar-refractivity contribution is 0.0981. The number of amides is 1. The van der Waals surface area contributed by atoms with Gasteiger partial charge in [0, 0.05) is 17.3 Å². The molecule has 0 bridgehead atoms. The summed E-state index contributed by atoms with van der Waals surface area (Å²) in [6.45, 7) is 0.343. The zero-order valence-corrected chi connectivity index (χ0v) is 16.7. The van der Waals surface area contributed by atoms with E-state index in [-0.39, 0.29) is 18.7 Å². The van der Waals surface area contributed by atoms with Gasteiger partial charge in [0.2, 0.25) is 0 Å². The lowest BCUT2D eigenvalue weighted by atomic mass is 10.2.